The minimum atomic E-state index is 0.328. The fraction of sp³-hybridized carbons (Fsp3) is 0.500. The lowest BCUT2D eigenvalue weighted by molar-refractivity contribution is 0.407. The van der Waals surface area contributed by atoms with E-state index in [0.29, 0.717) is 6.04 Å². The standard InChI is InChI=1S/C14H20N2O/c1-9-8-16-13(10(2)14(9)17-3)7-11-4-5-12(15)6-11/h7-8,12H,4-6,15H2,1-3H3. The summed E-state index contributed by atoms with van der Waals surface area (Å²) in [6.07, 6.45) is 7.22. The van der Waals surface area contributed by atoms with Crippen molar-refractivity contribution in [3.8, 4) is 5.75 Å². The zero-order valence-electron chi connectivity index (χ0n) is 10.8. The summed E-state index contributed by atoms with van der Waals surface area (Å²) in [5.41, 5.74) is 10.5. The highest BCUT2D eigenvalue weighted by molar-refractivity contribution is 5.58. The van der Waals surface area contributed by atoms with Crippen LogP contribution in [-0.4, -0.2) is 18.1 Å². The van der Waals surface area contributed by atoms with Gasteiger partial charge in [-0.3, -0.25) is 4.98 Å². The van der Waals surface area contributed by atoms with Crippen LogP contribution in [0.1, 0.15) is 36.1 Å². The number of aromatic nitrogens is 1. The van der Waals surface area contributed by atoms with Crippen molar-refractivity contribution in [1.82, 2.24) is 4.98 Å². The maximum atomic E-state index is 5.91. The molecule has 0 amide bonds. The number of nitrogens with two attached hydrogens (primary N) is 1. The predicted octanol–water partition coefficient (Wildman–Crippen LogP) is 2.60. The van der Waals surface area contributed by atoms with Crippen LogP contribution in [0.25, 0.3) is 6.08 Å². The van der Waals surface area contributed by atoms with Gasteiger partial charge in [-0.25, -0.2) is 0 Å². The van der Waals surface area contributed by atoms with Gasteiger partial charge in [-0.2, -0.15) is 0 Å². The van der Waals surface area contributed by atoms with E-state index in [1.807, 2.05) is 13.1 Å². The third kappa shape index (κ3) is 2.50. The first-order valence-corrected chi connectivity index (χ1v) is 6.07. The Hall–Kier alpha value is -1.35. The first kappa shape index (κ1) is 12.1. The molecule has 1 unspecified atom stereocenters. The number of methoxy groups -OCH3 is 1. The quantitative estimate of drug-likeness (QED) is 0.852. The van der Waals surface area contributed by atoms with Crippen LogP contribution >= 0.6 is 0 Å². The number of ether oxygens (including phenoxy) is 1. The molecule has 0 saturated heterocycles. The highest BCUT2D eigenvalue weighted by Gasteiger charge is 2.16. The third-order valence-electron chi connectivity index (χ3n) is 3.39. The van der Waals surface area contributed by atoms with Crippen molar-refractivity contribution >= 4 is 6.08 Å². The second-order valence-corrected chi connectivity index (χ2v) is 4.79. The largest absolute Gasteiger partial charge is 0.496 e. The average molecular weight is 232 g/mol. The van der Waals surface area contributed by atoms with Crippen LogP contribution < -0.4 is 10.5 Å². The average Bonchev–Trinajstić information content (AvgIpc) is 2.69. The molecule has 0 bridgehead atoms. The van der Waals surface area contributed by atoms with Gasteiger partial charge < -0.3 is 10.5 Å². The van der Waals surface area contributed by atoms with E-state index in [4.69, 9.17) is 10.5 Å². The van der Waals surface area contributed by atoms with Crippen molar-refractivity contribution in [2.75, 3.05) is 7.11 Å². The fourth-order valence-corrected chi connectivity index (χ4v) is 2.43. The van der Waals surface area contributed by atoms with Crippen molar-refractivity contribution < 1.29 is 4.74 Å². The van der Waals surface area contributed by atoms with Gasteiger partial charge in [0.2, 0.25) is 0 Å². The molecule has 2 N–H and O–H groups in total. The molecule has 17 heavy (non-hydrogen) atoms. The normalized spacial score (nSPS) is 22.1. The molecule has 3 heteroatoms. The van der Waals surface area contributed by atoms with Gasteiger partial charge in [0.1, 0.15) is 5.75 Å². The summed E-state index contributed by atoms with van der Waals surface area (Å²) in [7, 11) is 1.71. The number of nitrogens with zero attached hydrogens (tertiary/aromatic N) is 1. The highest BCUT2D eigenvalue weighted by atomic mass is 16.5. The highest BCUT2D eigenvalue weighted by Crippen LogP contribution is 2.29. The van der Waals surface area contributed by atoms with Crippen molar-refractivity contribution in [2.45, 2.75) is 39.2 Å². The number of rotatable bonds is 2. The summed E-state index contributed by atoms with van der Waals surface area (Å²) in [6.45, 7) is 4.07. The zero-order chi connectivity index (χ0) is 12.4. The van der Waals surface area contributed by atoms with Gasteiger partial charge in [0.05, 0.1) is 12.8 Å². The topological polar surface area (TPSA) is 48.1 Å². The lowest BCUT2D eigenvalue weighted by Gasteiger charge is -2.10. The number of aryl methyl sites for hydroxylation is 1. The molecule has 3 nitrogen and oxygen atoms in total. The van der Waals surface area contributed by atoms with Crippen LogP contribution in [0.15, 0.2) is 11.8 Å². The molecule has 0 aliphatic heterocycles. The van der Waals surface area contributed by atoms with E-state index >= 15 is 0 Å². The molecule has 1 fully saturated rings. The van der Waals surface area contributed by atoms with Gasteiger partial charge in [-0.15, -0.1) is 0 Å². The smallest absolute Gasteiger partial charge is 0.128 e. The van der Waals surface area contributed by atoms with E-state index in [0.717, 1.165) is 41.8 Å². The molecule has 2 rings (SSSR count). The van der Waals surface area contributed by atoms with Crippen molar-refractivity contribution in [2.24, 2.45) is 5.73 Å². The SMILES string of the molecule is COc1c(C)cnc(C=C2CCC(N)C2)c1C. The molecule has 1 aliphatic carbocycles. The van der Waals surface area contributed by atoms with E-state index in [-0.39, 0.29) is 0 Å². The van der Waals surface area contributed by atoms with Gasteiger partial charge in [-0.05, 0) is 39.2 Å². The summed E-state index contributed by atoms with van der Waals surface area (Å²) in [5, 5.41) is 0. The maximum absolute atomic E-state index is 5.91. The molecule has 1 aromatic rings. The molecule has 1 atom stereocenters. The van der Waals surface area contributed by atoms with Gasteiger partial charge in [0.25, 0.3) is 0 Å². The van der Waals surface area contributed by atoms with Crippen LogP contribution in [0.4, 0.5) is 0 Å². The summed E-state index contributed by atoms with van der Waals surface area (Å²) in [6, 6.07) is 0.328. The van der Waals surface area contributed by atoms with E-state index in [2.05, 4.69) is 18.0 Å². The lowest BCUT2D eigenvalue weighted by atomic mass is 10.1. The van der Waals surface area contributed by atoms with Gasteiger partial charge in [0.15, 0.2) is 0 Å². The van der Waals surface area contributed by atoms with E-state index in [9.17, 15) is 0 Å². The Morgan fingerprint density at radius 1 is 1.47 bits per heavy atom. The molecule has 0 spiro atoms. The molecule has 1 saturated carbocycles. The number of hydrogen-bond acceptors (Lipinski definition) is 3. The van der Waals surface area contributed by atoms with Gasteiger partial charge >= 0.3 is 0 Å². The first-order chi connectivity index (χ1) is 8.11. The summed E-state index contributed by atoms with van der Waals surface area (Å²) < 4.78 is 5.41. The summed E-state index contributed by atoms with van der Waals surface area (Å²) in [5.74, 6) is 0.939. The third-order valence-corrected chi connectivity index (χ3v) is 3.39. The van der Waals surface area contributed by atoms with Crippen LogP contribution in [0.2, 0.25) is 0 Å². The van der Waals surface area contributed by atoms with E-state index in [1.165, 1.54) is 5.57 Å². The minimum absolute atomic E-state index is 0.328. The van der Waals surface area contributed by atoms with Gasteiger partial charge in [0, 0.05) is 23.4 Å². The lowest BCUT2D eigenvalue weighted by Crippen LogP contribution is -2.13. The first-order valence-electron chi connectivity index (χ1n) is 6.07. The van der Waals surface area contributed by atoms with Gasteiger partial charge in [-0.1, -0.05) is 5.57 Å². The number of hydrogen-bond donors (Lipinski definition) is 1. The number of pyridine rings is 1. The zero-order valence-corrected chi connectivity index (χ0v) is 10.8. The second-order valence-electron chi connectivity index (χ2n) is 4.79. The minimum Gasteiger partial charge on any atom is -0.496 e. The molecule has 0 radical (unpaired) electrons. The predicted molar refractivity (Wildman–Crippen MR) is 70.1 cm³/mol. The Labute approximate surface area is 103 Å². The Morgan fingerprint density at radius 3 is 2.82 bits per heavy atom. The Morgan fingerprint density at radius 2 is 2.24 bits per heavy atom. The van der Waals surface area contributed by atoms with E-state index in [1.54, 1.807) is 7.11 Å². The summed E-state index contributed by atoms with van der Waals surface area (Å²) >= 11 is 0. The Balaban J connectivity index is 2.34. The van der Waals surface area contributed by atoms with Crippen LogP contribution in [0.3, 0.4) is 0 Å². The molecule has 0 aromatic carbocycles. The van der Waals surface area contributed by atoms with E-state index < -0.39 is 0 Å². The summed E-state index contributed by atoms with van der Waals surface area (Å²) in [4.78, 5) is 4.48. The molecule has 92 valence electrons. The van der Waals surface area contributed by atoms with Crippen molar-refractivity contribution in [1.29, 1.82) is 0 Å². The molecule has 1 heterocycles. The van der Waals surface area contributed by atoms with Crippen molar-refractivity contribution in [3.05, 3.63) is 28.6 Å². The maximum Gasteiger partial charge on any atom is 0.128 e. The van der Waals surface area contributed by atoms with Crippen molar-refractivity contribution in [3.63, 3.8) is 0 Å². The van der Waals surface area contributed by atoms with Crippen LogP contribution in [0, 0.1) is 13.8 Å². The Kier molecular flexibility index (Phi) is 3.48. The molecule has 1 aromatic heterocycles. The molecule has 1 aliphatic rings. The molecular weight excluding hydrogens is 212 g/mol. The monoisotopic (exact) mass is 232 g/mol. The second kappa shape index (κ2) is 4.88. The molecular formula is C14H20N2O. The van der Waals surface area contributed by atoms with Crippen LogP contribution in [0.5, 0.6) is 5.75 Å². The fourth-order valence-electron chi connectivity index (χ4n) is 2.43. The van der Waals surface area contributed by atoms with Crippen LogP contribution in [-0.2, 0) is 0 Å². The Bertz CT molecular complexity index is 452.